The molecule has 1 aromatic carbocycles. The van der Waals surface area contributed by atoms with E-state index >= 15 is 0 Å². The van der Waals surface area contributed by atoms with Gasteiger partial charge in [0.2, 0.25) is 29.2 Å². The summed E-state index contributed by atoms with van der Waals surface area (Å²) in [5, 5.41) is 30.7. The summed E-state index contributed by atoms with van der Waals surface area (Å²) < 4.78 is 45.8. The van der Waals surface area contributed by atoms with E-state index in [-0.39, 0.29) is 23.6 Å². The first-order chi connectivity index (χ1) is 60.3. The van der Waals surface area contributed by atoms with Gasteiger partial charge in [-0.25, -0.2) is 66.2 Å². The van der Waals surface area contributed by atoms with Gasteiger partial charge >= 0.3 is 12.1 Å². The van der Waals surface area contributed by atoms with Crippen LogP contribution in [0.1, 0.15) is 55.5 Å². The highest BCUT2D eigenvalue weighted by atomic mass is 32.2. The van der Waals surface area contributed by atoms with E-state index in [9.17, 15) is 22.8 Å². The van der Waals surface area contributed by atoms with Gasteiger partial charge in [0.1, 0.15) is 56.2 Å². The van der Waals surface area contributed by atoms with Crippen LogP contribution in [0.2, 0.25) is 0 Å². The first-order valence-electron chi connectivity index (χ1n) is 38.4. The lowest BCUT2D eigenvalue weighted by Gasteiger charge is -2.26. The maximum atomic E-state index is 13.0. The Morgan fingerprint density at radius 3 is 1.33 bits per heavy atom. The molecule has 36 nitrogen and oxygen atoms in total. The number of pyridine rings is 8. The number of hydrogen-bond acceptors (Lipinski definition) is 31. The van der Waals surface area contributed by atoms with E-state index in [2.05, 4.69) is 101 Å². The van der Waals surface area contributed by atoms with Crippen LogP contribution in [0.15, 0.2) is 250 Å². The normalized spacial score (nSPS) is 11.9. The quantitative estimate of drug-likeness (QED) is 0.0269. The van der Waals surface area contributed by atoms with Gasteiger partial charge in [-0.2, -0.15) is 14.6 Å². The number of nitrogens with zero attached hydrogens (tertiary/aromatic N) is 21. The molecule has 1 amide bonds. The molecule has 1 aliphatic rings. The van der Waals surface area contributed by atoms with Gasteiger partial charge in [0.25, 0.3) is 12.4 Å². The van der Waals surface area contributed by atoms with E-state index in [4.69, 9.17) is 34.5 Å². The lowest BCUT2D eigenvalue weighted by molar-refractivity contribution is -0.191. The molecule has 0 aliphatic carbocycles. The molecule has 0 unspecified atom stereocenters. The third kappa shape index (κ3) is 22.3. The van der Waals surface area contributed by atoms with Gasteiger partial charge in [0.05, 0.1) is 47.4 Å². The van der Waals surface area contributed by atoms with Crippen LogP contribution in [0.3, 0.4) is 0 Å². The Morgan fingerprint density at radius 2 is 0.887 bits per heavy atom. The van der Waals surface area contributed by atoms with Crippen molar-refractivity contribution in [1.29, 1.82) is 0 Å². The molecular weight excluding hydrogens is 1600 g/mol. The number of para-hydroxylation sites is 1. The van der Waals surface area contributed by atoms with Crippen LogP contribution in [0, 0.1) is 34.6 Å². The number of carbonyl (C=O) groups excluding carboxylic acids is 5. The summed E-state index contributed by atoms with van der Waals surface area (Å²) >= 11 is 0. The first-order valence-corrected chi connectivity index (χ1v) is 40.2. The van der Waals surface area contributed by atoms with Crippen LogP contribution in [-0.4, -0.2) is 181 Å². The summed E-state index contributed by atoms with van der Waals surface area (Å²) in [6.45, 7) is 12.3. The molecule has 37 heteroatoms. The Balaban J connectivity index is 0.000000138. The molecule has 17 aromatic rings. The second-order valence-corrected chi connectivity index (χ2v) is 29.5. The first kappa shape index (κ1) is 85.5. The third-order valence-corrected chi connectivity index (χ3v) is 20.0. The minimum absolute atomic E-state index is 0.198. The number of nitrogen functional groups attached to an aromatic ring is 1. The van der Waals surface area contributed by atoms with E-state index in [1.165, 1.54) is 25.7 Å². The Morgan fingerprint density at radius 1 is 0.476 bits per heavy atom. The van der Waals surface area contributed by atoms with Crippen molar-refractivity contribution < 1.29 is 46.6 Å². The van der Waals surface area contributed by atoms with E-state index in [1.807, 2.05) is 211 Å². The fourth-order valence-electron chi connectivity index (χ4n) is 12.3. The number of methoxy groups -OCH3 is 1. The van der Waals surface area contributed by atoms with Crippen LogP contribution in [0.25, 0.3) is 68.1 Å². The Bertz CT molecular complexity index is 6730. The van der Waals surface area contributed by atoms with Crippen LogP contribution in [0.4, 0.5) is 40.2 Å². The van der Waals surface area contributed by atoms with Crippen LogP contribution < -0.4 is 36.5 Å². The highest BCUT2D eigenvalue weighted by Gasteiger charge is 2.24. The molecule has 0 radical (unpaired) electrons. The molecule has 0 atom stereocenters. The molecule has 1 aliphatic heterocycles. The van der Waals surface area contributed by atoms with Crippen molar-refractivity contribution in [3.05, 3.63) is 290 Å². The number of benzene rings is 1. The van der Waals surface area contributed by atoms with Crippen molar-refractivity contribution >= 4 is 96.6 Å². The molecular formula is C87H80N26O10S. The van der Waals surface area contributed by atoms with Gasteiger partial charge in [-0.05, 0) is 187 Å². The van der Waals surface area contributed by atoms with Crippen molar-refractivity contribution in [1.82, 2.24) is 108 Å². The van der Waals surface area contributed by atoms with Gasteiger partial charge in [-0.1, -0.05) is 42.5 Å². The van der Waals surface area contributed by atoms with Crippen LogP contribution in [-0.2, 0) is 29.0 Å². The molecule has 1 saturated heterocycles. The number of nitrogens with two attached hydrogens (primary N) is 1. The van der Waals surface area contributed by atoms with Crippen molar-refractivity contribution in [2.45, 2.75) is 41.0 Å². The maximum Gasteiger partial charge on any atom is 0.373 e. The number of aryl methyl sites for hydroxylation is 5. The molecule has 6 N–H and O–H groups in total. The Labute approximate surface area is 708 Å². The number of esters is 1. The molecule has 16 aromatic heterocycles. The minimum atomic E-state index is -2.90. The van der Waals surface area contributed by atoms with E-state index in [0.717, 1.165) is 80.5 Å². The Kier molecular flexibility index (Phi) is 28.2. The van der Waals surface area contributed by atoms with Crippen molar-refractivity contribution in [2.75, 3.05) is 66.5 Å². The molecule has 17 heterocycles. The number of rotatable bonds is 20. The lowest BCUT2D eigenvalue weighted by Crippen LogP contribution is -2.41. The van der Waals surface area contributed by atoms with Gasteiger partial charge in [0, 0.05) is 116 Å². The van der Waals surface area contributed by atoms with Crippen molar-refractivity contribution in [3.63, 3.8) is 0 Å². The maximum absolute atomic E-state index is 13.0. The molecule has 0 spiro atoms. The molecule has 18 rings (SSSR count). The SMILES string of the molecule is COC(=O)c1cnccc1Nc1nc(-c2cccc(C)n2)nn2cccc12.Cc1cccc(-c2nc(Nc3ccncc3C(=O)NCCCN3CCS(=O)(=O)CC3)c3cccn3n2)n1.Cc1cccc(-c2nc(Nc3ccncc3OC=O)c3cccn3n2)n1.Cc1cccc(-c2nc(Oc3ccccc3)c3cccn3n2)n1.Cc1cnccc1N.O=C=O. The summed E-state index contributed by atoms with van der Waals surface area (Å²) in [5.74, 6) is 4.80. The molecule has 124 heavy (non-hydrogen) atoms. The number of ether oxygens (including phenoxy) is 3. The zero-order chi connectivity index (χ0) is 86.9. The fraction of sp³-hybridized carbons (Fsp3) is 0.149. The van der Waals surface area contributed by atoms with Crippen molar-refractivity contribution in [3.8, 4) is 63.5 Å². The highest BCUT2D eigenvalue weighted by molar-refractivity contribution is 7.91. The molecule has 0 bridgehead atoms. The average Bonchev–Trinajstić information content (AvgIpc) is 1.57. The summed E-state index contributed by atoms with van der Waals surface area (Å²) in [6, 6.07) is 54.4. The van der Waals surface area contributed by atoms with Gasteiger partial charge in [0.15, 0.2) is 33.0 Å². The monoisotopic (exact) mass is 1680 g/mol. The largest absolute Gasteiger partial charge is 0.465 e. The number of fused-ring (bicyclic) bond motifs is 4. The highest BCUT2D eigenvalue weighted by Crippen LogP contribution is 2.32. The Hall–Kier alpha value is -16.4. The molecule has 0 saturated carbocycles. The standard InChI is InChI=1S/C25H28N8O3S.C19H16N6O2.C18H14N6O2.C18H14N4O.C6H8N2.CO2/c1-18-5-2-6-21(28-18)23-30-24(22-7-3-12-33(22)31-23)29-20-8-10-26-17-19(20)25(34)27-9-4-11-32-13-15-37(35,36)16-14-32;1-12-5-3-6-15(21-12)17-23-18(16-7-4-10-25(16)24-17)22-14-8-9-20-11-13(14)19(26)27-2;1-12-4-2-5-14(20-12)17-22-18(15-6-3-9-24(15)23-17)21-13-7-8-19-10-16(13)26-11-25;1-13-7-5-10-15(19-13)17-20-18(16-11-6-12-22(16)21-17)23-14-8-3-2-4-9-14;1-5-4-8-3-2-6(5)7;2-1-3/h2-3,5-8,10,12,17H,4,9,11,13-16H2,1H3,(H,27,34)(H,26,29,30,31);3-11H,1-2H3,(H,20,22,23,24);2-11H,1H3,(H,19,21,22,23);2-12H,1H3;2-4H,1H3,(H2,7,8);. The number of hydrogen-bond donors (Lipinski definition) is 5. The second kappa shape index (κ2) is 40.8. The molecule has 1 fully saturated rings. The fourth-order valence-corrected chi connectivity index (χ4v) is 13.6. The zero-order valence-corrected chi connectivity index (χ0v) is 68.5. The van der Waals surface area contributed by atoms with Crippen LogP contribution in [0.5, 0.6) is 17.4 Å². The molecule has 624 valence electrons. The second-order valence-electron chi connectivity index (χ2n) is 27.2. The number of carbonyl (C=O) groups is 3. The number of amides is 1. The number of sulfone groups is 1. The summed E-state index contributed by atoms with van der Waals surface area (Å²) in [5.41, 5.74) is 19.1. The summed E-state index contributed by atoms with van der Waals surface area (Å²) in [4.78, 5) is 107. The zero-order valence-electron chi connectivity index (χ0n) is 67.7. The van der Waals surface area contributed by atoms with Gasteiger partial charge in [-0.3, -0.25) is 29.5 Å². The van der Waals surface area contributed by atoms with E-state index < -0.39 is 15.8 Å². The smallest absolute Gasteiger partial charge is 0.373 e. The average molecular weight is 1680 g/mol. The van der Waals surface area contributed by atoms with E-state index in [0.29, 0.717) is 124 Å². The predicted octanol–water partition coefficient (Wildman–Crippen LogP) is 12.2. The number of aromatic nitrogens is 20. The minimum Gasteiger partial charge on any atom is -0.465 e. The third-order valence-electron chi connectivity index (χ3n) is 18.4. The van der Waals surface area contributed by atoms with Crippen LogP contribution >= 0.6 is 0 Å². The lowest BCUT2D eigenvalue weighted by atomic mass is 10.2. The topological polar surface area (TPSA) is 448 Å². The summed E-state index contributed by atoms with van der Waals surface area (Å²) in [6.07, 6.45) is 21.0. The van der Waals surface area contributed by atoms with E-state index in [1.54, 1.807) is 73.3 Å². The van der Waals surface area contributed by atoms with Gasteiger partial charge < -0.3 is 46.1 Å². The number of anilines is 7. The van der Waals surface area contributed by atoms with Gasteiger partial charge in [-0.15, -0.1) is 20.4 Å². The summed E-state index contributed by atoms with van der Waals surface area (Å²) in [7, 11) is -1.57. The predicted molar refractivity (Wildman–Crippen MR) is 461 cm³/mol. The number of nitrogens with one attached hydrogen (secondary N) is 4. The van der Waals surface area contributed by atoms with Crippen molar-refractivity contribution in [2.24, 2.45) is 0 Å².